The number of benzene rings is 5. The number of fused-ring (bicyclic) bond motifs is 6. The van der Waals surface area contributed by atoms with Crippen molar-refractivity contribution in [2.75, 3.05) is 6.61 Å². The van der Waals surface area contributed by atoms with Crippen LogP contribution in [-0.2, 0) is 31.2 Å². The summed E-state index contributed by atoms with van der Waals surface area (Å²) in [5.74, 6) is 0.649. The first-order valence-corrected chi connectivity index (χ1v) is 17.7. The molecule has 1 aliphatic rings. The van der Waals surface area contributed by atoms with Crippen LogP contribution in [0.4, 0.5) is 0 Å². The minimum atomic E-state index is -0.274. The molecule has 9 rings (SSSR count). The van der Waals surface area contributed by atoms with Gasteiger partial charge in [-0.15, -0.1) is 40.8 Å². The largest absolute Gasteiger partial charge is 2.00 e. The number of aromatic nitrogens is 3. The first-order valence-electron chi connectivity index (χ1n) is 17.7. The molecule has 1 aliphatic heterocycles. The van der Waals surface area contributed by atoms with E-state index in [1.165, 1.54) is 33.0 Å². The second kappa shape index (κ2) is 12.3. The fourth-order valence-corrected chi connectivity index (χ4v) is 7.50. The van der Waals surface area contributed by atoms with Gasteiger partial charge < -0.3 is 13.9 Å². The van der Waals surface area contributed by atoms with Crippen LogP contribution < -0.4 is 0 Å². The summed E-state index contributed by atoms with van der Waals surface area (Å²) in [7, 11) is 0. The third-order valence-corrected chi connectivity index (χ3v) is 10.1. The standard InChI is InChI=1S/C46H40N4O.Pt/c1-28-15-17-39-36(20-28)37-21-29(2)41(50-40-18-16-31(30-12-9-8-10-13-30)24-38(40)35-14-11-19-47-43(35)50)26-42(37)49(39)34-23-32(22-33(25-34)45(3,4)5)44-48-46(6,7)27-51-44;/h8-22,24-25H,27H2,1-7H3;/q-2;+2. The quantitative estimate of drug-likeness (QED) is 0.166. The van der Waals surface area contributed by atoms with Gasteiger partial charge in [0.25, 0.3) is 0 Å². The Hall–Kier alpha value is -4.99. The smallest absolute Gasteiger partial charge is 0.518 e. The molecule has 3 aromatic heterocycles. The van der Waals surface area contributed by atoms with E-state index in [9.17, 15) is 0 Å². The predicted octanol–water partition coefficient (Wildman–Crippen LogP) is 11.0. The Morgan fingerprint density at radius 3 is 2.23 bits per heavy atom. The van der Waals surface area contributed by atoms with Gasteiger partial charge in [0.2, 0.25) is 0 Å². The van der Waals surface area contributed by atoms with Crippen LogP contribution in [0, 0.1) is 26.0 Å². The molecule has 5 nitrogen and oxygen atoms in total. The van der Waals surface area contributed by atoms with E-state index in [-0.39, 0.29) is 32.0 Å². The van der Waals surface area contributed by atoms with Crippen molar-refractivity contribution in [1.29, 1.82) is 0 Å². The number of hydrogen-bond acceptors (Lipinski definition) is 3. The molecule has 0 spiro atoms. The van der Waals surface area contributed by atoms with E-state index < -0.39 is 0 Å². The topological polar surface area (TPSA) is 44.3 Å². The maximum Gasteiger partial charge on any atom is 2.00 e. The summed E-state index contributed by atoms with van der Waals surface area (Å²) in [6, 6.07) is 42.7. The molecule has 0 atom stereocenters. The van der Waals surface area contributed by atoms with E-state index in [1.54, 1.807) is 0 Å². The maximum atomic E-state index is 6.18. The second-order valence-corrected chi connectivity index (χ2v) is 15.7. The molecule has 0 amide bonds. The number of ether oxygens (including phenoxy) is 1. The average Bonchev–Trinajstić information content (AvgIpc) is 3.75. The number of hydrogen-bond donors (Lipinski definition) is 0. The summed E-state index contributed by atoms with van der Waals surface area (Å²) in [6.45, 7) is 15.8. The van der Waals surface area contributed by atoms with E-state index >= 15 is 0 Å². The van der Waals surface area contributed by atoms with Crippen LogP contribution in [0.15, 0.2) is 108 Å². The van der Waals surface area contributed by atoms with Crippen LogP contribution in [0.5, 0.6) is 0 Å². The molecule has 4 heterocycles. The molecule has 8 aromatic rings. The van der Waals surface area contributed by atoms with Gasteiger partial charge in [-0.1, -0.05) is 98.6 Å². The zero-order chi connectivity index (χ0) is 35.2. The Morgan fingerprint density at radius 2 is 1.48 bits per heavy atom. The van der Waals surface area contributed by atoms with Gasteiger partial charge in [0.05, 0.1) is 11.1 Å². The third-order valence-electron chi connectivity index (χ3n) is 10.1. The number of aliphatic imine (C=N–C) groups is 1. The minimum Gasteiger partial charge on any atom is -0.518 e. The summed E-state index contributed by atoms with van der Waals surface area (Å²) >= 11 is 0. The fourth-order valence-electron chi connectivity index (χ4n) is 7.50. The zero-order valence-electron chi connectivity index (χ0n) is 30.5. The molecule has 0 fully saturated rings. The summed E-state index contributed by atoms with van der Waals surface area (Å²) in [6.07, 6.45) is 1.88. The van der Waals surface area contributed by atoms with E-state index in [4.69, 9.17) is 14.7 Å². The summed E-state index contributed by atoms with van der Waals surface area (Å²) in [5.41, 5.74) is 12.4. The van der Waals surface area contributed by atoms with Crippen LogP contribution in [0.1, 0.15) is 56.9 Å². The molecular weight excluding hydrogens is 820 g/mol. The molecule has 5 aromatic carbocycles. The molecule has 0 N–H and O–H groups in total. The molecule has 52 heavy (non-hydrogen) atoms. The molecular formula is C46H40N4OPt. The Bertz CT molecular complexity index is 2730. The number of pyridine rings is 1. The Balaban J connectivity index is 0.00000387. The van der Waals surface area contributed by atoms with Gasteiger partial charge in [-0.2, -0.15) is 6.07 Å². The molecule has 0 unspecified atom stereocenters. The van der Waals surface area contributed by atoms with Crippen molar-refractivity contribution in [2.45, 2.75) is 59.4 Å². The van der Waals surface area contributed by atoms with Gasteiger partial charge in [0.15, 0.2) is 0 Å². The van der Waals surface area contributed by atoms with Crippen molar-refractivity contribution in [3.63, 3.8) is 0 Å². The van der Waals surface area contributed by atoms with Gasteiger partial charge in [0.1, 0.15) is 18.2 Å². The van der Waals surface area contributed by atoms with Crippen molar-refractivity contribution in [3.05, 3.63) is 138 Å². The minimum absolute atomic E-state index is 0. The van der Waals surface area contributed by atoms with Crippen LogP contribution in [-0.4, -0.2) is 32.2 Å². The normalized spacial score (nSPS) is 14.2. The van der Waals surface area contributed by atoms with Crippen LogP contribution in [0.3, 0.4) is 0 Å². The van der Waals surface area contributed by atoms with Crippen LogP contribution in [0.2, 0.25) is 0 Å². The Labute approximate surface area is 319 Å². The first-order chi connectivity index (χ1) is 24.4. The van der Waals surface area contributed by atoms with Crippen molar-refractivity contribution in [3.8, 4) is 22.5 Å². The van der Waals surface area contributed by atoms with Gasteiger partial charge in [0, 0.05) is 22.5 Å². The van der Waals surface area contributed by atoms with Crippen molar-refractivity contribution < 1.29 is 25.8 Å². The van der Waals surface area contributed by atoms with Gasteiger partial charge in [-0.3, -0.25) is 4.99 Å². The molecule has 0 bridgehead atoms. The molecule has 6 heteroatoms. The van der Waals surface area contributed by atoms with Crippen molar-refractivity contribution >= 4 is 49.6 Å². The molecule has 0 aliphatic carbocycles. The molecule has 0 radical (unpaired) electrons. The van der Waals surface area contributed by atoms with E-state index in [1.807, 2.05) is 12.3 Å². The van der Waals surface area contributed by atoms with Gasteiger partial charge >= 0.3 is 21.1 Å². The fraction of sp³-hybridized carbons (Fsp3) is 0.217. The zero-order valence-corrected chi connectivity index (χ0v) is 32.8. The Kier molecular flexibility index (Phi) is 8.08. The van der Waals surface area contributed by atoms with E-state index in [0.717, 1.165) is 55.5 Å². The van der Waals surface area contributed by atoms with Crippen LogP contribution >= 0.6 is 0 Å². The van der Waals surface area contributed by atoms with Crippen molar-refractivity contribution in [1.82, 2.24) is 14.1 Å². The van der Waals surface area contributed by atoms with E-state index in [2.05, 4.69) is 161 Å². The molecule has 0 saturated carbocycles. The van der Waals surface area contributed by atoms with E-state index in [0.29, 0.717) is 12.5 Å². The second-order valence-electron chi connectivity index (χ2n) is 15.7. The average molecular weight is 860 g/mol. The monoisotopic (exact) mass is 859 g/mol. The molecule has 0 saturated heterocycles. The summed E-state index contributed by atoms with van der Waals surface area (Å²) < 4.78 is 10.8. The van der Waals surface area contributed by atoms with Gasteiger partial charge in [-0.25, -0.2) is 4.98 Å². The molecule has 260 valence electrons. The maximum absolute atomic E-state index is 6.18. The first kappa shape index (κ1) is 34.1. The SMILES string of the molecule is Cc1ccc2c(c1)c1cc(C)c(-n3c4ccc(-c5ccccc5)cc4c4cccnc43)[c-]c1n2-c1[c-]c(C2=NC(C)(C)CO2)cc(C(C)(C)C)c1.[Pt+2]. The number of nitrogens with zero attached hydrogens (tertiary/aromatic N) is 4. The number of rotatable bonds is 4. The predicted molar refractivity (Wildman–Crippen MR) is 211 cm³/mol. The third kappa shape index (κ3) is 5.58. The van der Waals surface area contributed by atoms with Crippen LogP contribution in [0.25, 0.3) is 66.2 Å². The van der Waals surface area contributed by atoms with Gasteiger partial charge in [-0.05, 0) is 78.7 Å². The Morgan fingerprint density at radius 1 is 0.731 bits per heavy atom. The summed E-state index contributed by atoms with van der Waals surface area (Å²) in [4.78, 5) is 9.91. The van der Waals surface area contributed by atoms with Crippen molar-refractivity contribution in [2.24, 2.45) is 4.99 Å². The number of aryl methyl sites for hydroxylation is 2. The summed E-state index contributed by atoms with van der Waals surface area (Å²) in [5, 5.41) is 4.63.